The Morgan fingerprint density at radius 1 is 1.18 bits per heavy atom. The van der Waals surface area contributed by atoms with Crippen molar-refractivity contribution in [3.05, 3.63) is 70.8 Å². The molecule has 0 radical (unpaired) electrons. The van der Waals surface area contributed by atoms with Crippen LogP contribution < -0.4 is 10.6 Å². The topological polar surface area (TPSA) is 118 Å². The summed E-state index contributed by atoms with van der Waals surface area (Å²) in [5.41, 5.74) is 2.05. The molecule has 0 aliphatic heterocycles. The first-order valence-electron chi connectivity index (χ1n) is 12.6. The van der Waals surface area contributed by atoms with E-state index in [0.29, 0.717) is 32.5 Å². The molecule has 9 nitrogen and oxygen atoms in total. The first-order chi connectivity index (χ1) is 18.3. The van der Waals surface area contributed by atoms with Crippen LogP contribution in [0.3, 0.4) is 0 Å². The lowest BCUT2D eigenvalue weighted by Crippen LogP contribution is -2.54. The Morgan fingerprint density at radius 2 is 1.92 bits per heavy atom. The zero-order valence-electron chi connectivity index (χ0n) is 22.3. The monoisotopic (exact) mass is 540 g/mol. The van der Waals surface area contributed by atoms with Crippen molar-refractivity contribution in [1.82, 2.24) is 15.2 Å². The van der Waals surface area contributed by atoms with Crippen molar-refractivity contribution in [2.45, 2.75) is 46.6 Å². The molecule has 0 saturated heterocycles. The van der Waals surface area contributed by atoms with Crippen molar-refractivity contribution >= 4 is 40.6 Å². The van der Waals surface area contributed by atoms with Crippen molar-refractivity contribution in [3.63, 3.8) is 0 Å². The number of ether oxygens (including phenoxy) is 1. The maximum Gasteiger partial charge on any atom is 0.324 e. The Hall–Kier alpha value is -3.63. The third-order valence-electron chi connectivity index (χ3n) is 5.76. The Bertz CT molecular complexity index is 1130. The molecule has 0 aliphatic carbocycles. The largest absolute Gasteiger partial charge is 0.378 e. The molecule has 0 saturated carbocycles. The zero-order valence-corrected chi connectivity index (χ0v) is 23.1. The number of nitrogens with one attached hydrogen (secondary N) is 2. The maximum absolute atomic E-state index is 13.4. The number of allylic oxidation sites excluding steroid dienone is 1. The molecule has 1 heterocycles. The van der Waals surface area contributed by atoms with E-state index in [0.717, 1.165) is 27.4 Å². The number of hydrogen-bond donors (Lipinski definition) is 2. The van der Waals surface area contributed by atoms with Crippen LogP contribution in [0.5, 0.6) is 0 Å². The van der Waals surface area contributed by atoms with E-state index in [1.54, 1.807) is 12.3 Å². The minimum absolute atomic E-state index is 0.139. The summed E-state index contributed by atoms with van der Waals surface area (Å²) in [5.74, 6) is -1.12. The molecule has 2 atom stereocenters. The van der Waals surface area contributed by atoms with Gasteiger partial charge in [-0.1, -0.05) is 62.4 Å². The van der Waals surface area contributed by atoms with Crippen LogP contribution in [0.2, 0.25) is 0 Å². The fourth-order valence-corrected chi connectivity index (χ4v) is 4.45. The lowest BCUT2D eigenvalue weighted by atomic mass is 9.92. The molecule has 38 heavy (non-hydrogen) atoms. The Balaban J connectivity index is 2.23. The predicted molar refractivity (Wildman–Crippen MR) is 149 cm³/mol. The molecule has 2 N–H and O–H groups in total. The molecule has 4 amide bonds. The van der Waals surface area contributed by atoms with Crippen molar-refractivity contribution in [2.24, 2.45) is 5.92 Å². The van der Waals surface area contributed by atoms with Gasteiger partial charge in [0.15, 0.2) is 10.9 Å². The molecule has 1 unspecified atom stereocenters. The molecular formula is C28H36N4O5S. The van der Waals surface area contributed by atoms with E-state index in [1.807, 2.05) is 69.3 Å². The first-order valence-corrected chi connectivity index (χ1v) is 13.5. The summed E-state index contributed by atoms with van der Waals surface area (Å²) >= 11 is 1.11. The zero-order chi connectivity index (χ0) is 27.9. The van der Waals surface area contributed by atoms with Crippen LogP contribution in [-0.4, -0.2) is 59.8 Å². The lowest BCUT2D eigenvalue weighted by molar-refractivity contribution is -0.128. The minimum Gasteiger partial charge on any atom is -0.378 e. The van der Waals surface area contributed by atoms with Gasteiger partial charge >= 0.3 is 6.03 Å². The number of rotatable bonds is 15. The number of amides is 4. The number of nitrogens with zero attached hydrogens (tertiary/aromatic N) is 2. The second kappa shape index (κ2) is 16.3. The molecule has 204 valence electrons. The van der Waals surface area contributed by atoms with Crippen LogP contribution in [0, 0.1) is 5.92 Å². The van der Waals surface area contributed by atoms with E-state index < -0.39 is 23.9 Å². The number of carbonyl (C=O) groups is 4. The van der Waals surface area contributed by atoms with Crippen LogP contribution in [0.4, 0.5) is 9.93 Å². The maximum atomic E-state index is 13.4. The Kier molecular flexibility index (Phi) is 13.1. The number of carbonyl (C=O) groups excluding carboxylic acids is 4. The van der Waals surface area contributed by atoms with Gasteiger partial charge in [0.2, 0.25) is 12.3 Å². The fourth-order valence-electron chi connectivity index (χ4n) is 3.73. The number of ketones is 1. The first kappa shape index (κ1) is 30.6. The van der Waals surface area contributed by atoms with Crippen molar-refractivity contribution in [3.8, 4) is 0 Å². The second-order valence-electron chi connectivity index (χ2n) is 8.51. The van der Waals surface area contributed by atoms with Crippen LogP contribution in [0.15, 0.2) is 59.5 Å². The normalized spacial score (nSPS) is 13.1. The molecular weight excluding hydrogens is 504 g/mol. The number of imide groups is 1. The molecule has 0 aliphatic rings. The summed E-state index contributed by atoms with van der Waals surface area (Å²) in [6, 6.07) is 7.70. The van der Waals surface area contributed by atoms with Gasteiger partial charge in [-0.05, 0) is 37.3 Å². The van der Waals surface area contributed by atoms with E-state index in [1.165, 1.54) is 0 Å². The quantitative estimate of drug-likeness (QED) is 0.147. The number of thiazole rings is 1. The highest BCUT2D eigenvalue weighted by Crippen LogP contribution is 2.21. The van der Waals surface area contributed by atoms with Gasteiger partial charge in [-0.15, -0.1) is 11.3 Å². The summed E-state index contributed by atoms with van der Waals surface area (Å²) in [6.07, 6.45) is 6.63. The highest BCUT2D eigenvalue weighted by molar-refractivity contribution is 7.14. The molecule has 0 bridgehead atoms. The molecule has 0 spiro atoms. The van der Waals surface area contributed by atoms with Gasteiger partial charge in [-0.3, -0.25) is 19.3 Å². The van der Waals surface area contributed by atoms with E-state index in [-0.39, 0.29) is 23.2 Å². The van der Waals surface area contributed by atoms with E-state index in [9.17, 15) is 19.2 Å². The van der Waals surface area contributed by atoms with E-state index >= 15 is 0 Å². The Morgan fingerprint density at radius 3 is 2.55 bits per heavy atom. The number of urea groups is 1. The summed E-state index contributed by atoms with van der Waals surface area (Å²) in [6.45, 7) is 8.50. The lowest BCUT2D eigenvalue weighted by Gasteiger charge is -2.30. The predicted octanol–water partition coefficient (Wildman–Crippen LogP) is 4.63. The molecule has 1 aromatic heterocycles. The molecule has 0 fully saturated rings. The van der Waals surface area contributed by atoms with Crippen molar-refractivity contribution in [1.29, 1.82) is 0 Å². The summed E-state index contributed by atoms with van der Waals surface area (Å²) in [5, 5.41) is 7.22. The average molecular weight is 541 g/mol. The molecule has 2 rings (SSSR count). The van der Waals surface area contributed by atoms with Gasteiger partial charge in [0.25, 0.3) is 0 Å². The summed E-state index contributed by atoms with van der Waals surface area (Å²) in [7, 11) is 0. The van der Waals surface area contributed by atoms with E-state index in [2.05, 4.69) is 15.6 Å². The van der Waals surface area contributed by atoms with E-state index in [4.69, 9.17) is 4.74 Å². The van der Waals surface area contributed by atoms with Gasteiger partial charge < -0.3 is 15.4 Å². The highest BCUT2D eigenvalue weighted by Gasteiger charge is 2.35. The Labute approximate surface area is 228 Å². The molecule has 10 heteroatoms. The number of benzene rings is 1. The smallest absolute Gasteiger partial charge is 0.324 e. The second-order valence-corrected chi connectivity index (χ2v) is 9.37. The highest BCUT2D eigenvalue weighted by atomic mass is 32.1. The van der Waals surface area contributed by atoms with Crippen LogP contribution in [-0.2, 0) is 20.7 Å². The van der Waals surface area contributed by atoms with Crippen LogP contribution in [0.1, 0.15) is 50.2 Å². The van der Waals surface area contributed by atoms with Crippen molar-refractivity contribution in [2.75, 3.05) is 25.1 Å². The number of Topliss-reactive ketones (excluding diaryl/α,β-unsaturated/α-hetero) is 1. The third kappa shape index (κ3) is 9.35. The van der Waals surface area contributed by atoms with Gasteiger partial charge in [0, 0.05) is 25.0 Å². The van der Waals surface area contributed by atoms with Gasteiger partial charge in [0.1, 0.15) is 11.7 Å². The molecule has 2 aromatic rings. The SMILES string of the molecule is C/C=C(\C=C/COCC)CNC(=O)N(C=O)[C@H](C(=O)Nc1nc(C(=O)CC)cs1)C(C)Cc1ccccc1. The van der Waals surface area contributed by atoms with Crippen molar-refractivity contribution < 1.29 is 23.9 Å². The summed E-state index contributed by atoms with van der Waals surface area (Å²) < 4.78 is 5.29. The minimum atomic E-state index is -1.12. The standard InChI is InChI=1S/C28H36N4O5S/c1-5-21(14-11-15-37-7-3)17-29-28(36)32(19-33)25(20(4)16-22-12-9-8-10-13-22)26(35)31-27-30-23(18-38-27)24(34)6-2/h5,8-14,18-20,25H,6-7,15-17H2,1-4H3,(H,29,36)(H,30,31,35)/b14-11-,21-5+/t20?,25-/m0/s1. The summed E-state index contributed by atoms with van der Waals surface area (Å²) in [4.78, 5) is 55.8. The molecule has 1 aromatic carbocycles. The number of anilines is 1. The third-order valence-corrected chi connectivity index (χ3v) is 6.52. The van der Waals surface area contributed by atoms with Gasteiger partial charge in [0.05, 0.1) is 6.61 Å². The average Bonchev–Trinajstić information content (AvgIpc) is 3.39. The number of hydrogen-bond acceptors (Lipinski definition) is 7. The van der Waals surface area contributed by atoms with Gasteiger partial charge in [-0.25, -0.2) is 9.78 Å². The number of aromatic nitrogens is 1. The fraction of sp³-hybridized carbons (Fsp3) is 0.393. The van der Waals surface area contributed by atoms with Gasteiger partial charge in [-0.2, -0.15) is 0 Å². The van der Waals surface area contributed by atoms with Crippen LogP contribution >= 0.6 is 11.3 Å². The van der Waals surface area contributed by atoms with Crippen LogP contribution in [0.25, 0.3) is 0 Å².